The van der Waals surface area contributed by atoms with Crippen molar-refractivity contribution in [2.75, 3.05) is 7.11 Å². The number of alkyl halides is 2. The summed E-state index contributed by atoms with van der Waals surface area (Å²) in [6, 6.07) is 6.42. The average Bonchev–Trinajstić information content (AvgIpc) is 2.83. The number of thiophene rings is 1. The zero-order valence-electron chi connectivity index (χ0n) is 12.9. The van der Waals surface area contributed by atoms with Crippen LogP contribution in [0.15, 0.2) is 30.3 Å². The molecule has 0 bridgehead atoms. The molecule has 23 heavy (non-hydrogen) atoms. The molecule has 2 aromatic rings. The van der Waals surface area contributed by atoms with E-state index in [0.29, 0.717) is 11.1 Å². The van der Waals surface area contributed by atoms with E-state index in [1.165, 1.54) is 25.3 Å². The van der Waals surface area contributed by atoms with Crippen LogP contribution in [0.5, 0.6) is 11.5 Å². The van der Waals surface area contributed by atoms with Gasteiger partial charge in [-0.05, 0) is 43.7 Å². The van der Waals surface area contributed by atoms with Gasteiger partial charge in [-0.2, -0.15) is 8.78 Å². The van der Waals surface area contributed by atoms with Gasteiger partial charge in [0.15, 0.2) is 17.3 Å². The van der Waals surface area contributed by atoms with Crippen LogP contribution in [0.25, 0.3) is 6.08 Å². The molecule has 3 nitrogen and oxygen atoms in total. The number of ether oxygens (including phenoxy) is 2. The topological polar surface area (TPSA) is 35.5 Å². The van der Waals surface area contributed by atoms with E-state index in [0.717, 1.165) is 9.75 Å². The number of ketones is 1. The Kier molecular flexibility index (Phi) is 5.50. The molecule has 1 aromatic carbocycles. The molecule has 0 aliphatic heterocycles. The summed E-state index contributed by atoms with van der Waals surface area (Å²) in [5.41, 5.74) is 1.22. The molecule has 6 heteroatoms. The molecule has 2 rings (SSSR count). The predicted molar refractivity (Wildman–Crippen MR) is 86.8 cm³/mol. The number of rotatable bonds is 6. The summed E-state index contributed by atoms with van der Waals surface area (Å²) in [6.07, 6.45) is 2.98. The van der Waals surface area contributed by atoms with Crippen molar-refractivity contribution in [3.8, 4) is 11.5 Å². The van der Waals surface area contributed by atoms with E-state index in [4.69, 9.17) is 4.74 Å². The fraction of sp³-hybridized carbons (Fsp3) is 0.235. The van der Waals surface area contributed by atoms with Gasteiger partial charge >= 0.3 is 6.61 Å². The maximum atomic E-state index is 12.4. The Hall–Kier alpha value is -2.21. The molecular formula is C17H16F2O3S. The molecule has 122 valence electrons. The molecule has 0 aliphatic carbocycles. The molecule has 0 saturated heterocycles. The minimum atomic E-state index is -2.94. The Morgan fingerprint density at radius 3 is 2.52 bits per heavy atom. The smallest absolute Gasteiger partial charge is 0.387 e. The van der Waals surface area contributed by atoms with Crippen molar-refractivity contribution in [3.05, 3.63) is 51.2 Å². The van der Waals surface area contributed by atoms with Gasteiger partial charge in [0, 0.05) is 15.3 Å². The van der Waals surface area contributed by atoms with Crippen LogP contribution in [0.4, 0.5) is 8.78 Å². The number of benzene rings is 1. The van der Waals surface area contributed by atoms with Crippen molar-refractivity contribution >= 4 is 23.2 Å². The summed E-state index contributed by atoms with van der Waals surface area (Å²) in [5, 5.41) is 0. The lowest BCUT2D eigenvalue weighted by Crippen LogP contribution is -2.03. The van der Waals surface area contributed by atoms with E-state index < -0.39 is 6.61 Å². The molecule has 0 radical (unpaired) electrons. The molecule has 0 atom stereocenters. The average molecular weight is 338 g/mol. The van der Waals surface area contributed by atoms with Gasteiger partial charge in [-0.3, -0.25) is 4.79 Å². The number of allylic oxidation sites excluding steroid dienone is 1. The lowest BCUT2D eigenvalue weighted by Gasteiger charge is -2.10. The van der Waals surface area contributed by atoms with Crippen molar-refractivity contribution in [1.29, 1.82) is 0 Å². The van der Waals surface area contributed by atoms with E-state index >= 15 is 0 Å². The first-order valence-corrected chi connectivity index (χ1v) is 7.64. The van der Waals surface area contributed by atoms with Crippen molar-refractivity contribution in [1.82, 2.24) is 0 Å². The van der Waals surface area contributed by atoms with Gasteiger partial charge in [0.05, 0.1) is 7.11 Å². The number of halogens is 2. The van der Waals surface area contributed by atoms with E-state index in [9.17, 15) is 13.6 Å². The van der Waals surface area contributed by atoms with E-state index in [-0.39, 0.29) is 17.3 Å². The highest BCUT2D eigenvalue weighted by atomic mass is 32.1. The normalized spacial score (nSPS) is 11.2. The monoisotopic (exact) mass is 338 g/mol. The van der Waals surface area contributed by atoms with Crippen LogP contribution in [0.3, 0.4) is 0 Å². The zero-order valence-corrected chi connectivity index (χ0v) is 13.7. The Morgan fingerprint density at radius 1 is 1.22 bits per heavy atom. The third kappa shape index (κ3) is 4.39. The summed E-state index contributed by atoms with van der Waals surface area (Å²) in [4.78, 5) is 14.2. The summed E-state index contributed by atoms with van der Waals surface area (Å²) in [7, 11) is 1.37. The SMILES string of the molecule is COc1ccc(/C=C/C(=O)c2cc(C)sc2C)cc1OC(F)F. The summed E-state index contributed by atoms with van der Waals surface area (Å²) in [5.74, 6) is 0.0109. The van der Waals surface area contributed by atoms with Gasteiger partial charge in [-0.15, -0.1) is 11.3 Å². The Labute approximate surface area is 137 Å². The van der Waals surface area contributed by atoms with Crippen LogP contribution in [-0.4, -0.2) is 19.5 Å². The van der Waals surface area contributed by atoms with E-state index in [1.807, 2.05) is 19.9 Å². The Morgan fingerprint density at radius 2 is 1.96 bits per heavy atom. The highest BCUT2D eigenvalue weighted by molar-refractivity contribution is 7.12. The molecule has 1 heterocycles. The lowest BCUT2D eigenvalue weighted by atomic mass is 10.1. The number of carbonyl (C=O) groups is 1. The van der Waals surface area contributed by atoms with Crippen LogP contribution >= 0.6 is 11.3 Å². The van der Waals surface area contributed by atoms with Gasteiger partial charge in [0.25, 0.3) is 0 Å². The van der Waals surface area contributed by atoms with Crippen LogP contribution in [0.1, 0.15) is 25.7 Å². The first-order chi connectivity index (χ1) is 10.9. The molecule has 0 spiro atoms. The standard InChI is InChI=1S/C17H16F2O3S/c1-10-8-13(11(2)23-10)14(20)6-4-12-5-7-15(21-3)16(9-12)22-17(18)19/h4-9,17H,1-3H3/b6-4+. The van der Waals surface area contributed by atoms with E-state index in [1.54, 1.807) is 23.5 Å². The fourth-order valence-electron chi connectivity index (χ4n) is 2.12. The Bertz CT molecular complexity index is 735. The molecule has 0 amide bonds. The number of methoxy groups -OCH3 is 1. The largest absolute Gasteiger partial charge is 0.493 e. The first kappa shape index (κ1) is 17.1. The van der Waals surface area contributed by atoms with Gasteiger partial charge in [-0.1, -0.05) is 12.1 Å². The molecule has 0 unspecified atom stereocenters. The maximum Gasteiger partial charge on any atom is 0.387 e. The lowest BCUT2D eigenvalue weighted by molar-refractivity contribution is -0.0512. The van der Waals surface area contributed by atoms with Gasteiger partial charge < -0.3 is 9.47 Å². The van der Waals surface area contributed by atoms with Gasteiger partial charge in [0.2, 0.25) is 0 Å². The second kappa shape index (κ2) is 7.37. The number of hydrogen-bond acceptors (Lipinski definition) is 4. The maximum absolute atomic E-state index is 12.4. The second-order valence-corrected chi connectivity index (χ2v) is 6.27. The third-order valence-corrected chi connectivity index (χ3v) is 4.10. The summed E-state index contributed by atoms with van der Waals surface area (Å²) in [6.45, 7) is 0.886. The second-order valence-electron chi connectivity index (χ2n) is 4.81. The van der Waals surface area contributed by atoms with Crippen molar-refractivity contribution in [2.24, 2.45) is 0 Å². The van der Waals surface area contributed by atoms with Gasteiger partial charge in [-0.25, -0.2) is 0 Å². The first-order valence-electron chi connectivity index (χ1n) is 6.83. The van der Waals surface area contributed by atoms with Crippen molar-refractivity contribution < 1.29 is 23.0 Å². The number of aryl methyl sites for hydroxylation is 2. The van der Waals surface area contributed by atoms with Crippen molar-refractivity contribution in [3.63, 3.8) is 0 Å². The number of hydrogen-bond donors (Lipinski definition) is 0. The highest BCUT2D eigenvalue weighted by Crippen LogP contribution is 2.30. The third-order valence-electron chi connectivity index (χ3n) is 3.14. The molecule has 1 aromatic heterocycles. The number of carbonyl (C=O) groups excluding carboxylic acids is 1. The Balaban J connectivity index is 2.22. The highest BCUT2D eigenvalue weighted by Gasteiger charge is 2.12. The predicted octanol–water partition coefficient (Wildman–Crippen LogP) is 4.87. The van der Waals surface area contributed by atoms with E-state index in [2.05, 4.69) is 4.74 Å². The molecule has 0 saturated carbocycles. The quantitative estimate of drug-likeness (QED) is 0.557. The van der Waals surface area contributed by atoms with Crippen LogP contribution in [0, 0.1) is 13.8 Å². The van der Waals surface area contributed by atoms with Crippen molar-refractivity contribution in [2.45, 2.75) is 20.5 Å². The fourth-order valence-corrected chi connectivity index (χ4v) is 3.05. The minimum absolute atomic E-state index is 0.0698. The van der Waals surface area contributed by atoms with Crippen LogP contribution in [0.2, 0.25) is 0 Å². The van der Waals surface area contributed by atoms with Crippen LogP contribution < -0.4 is 9.47 Å². The minimum Gasteiger partial charge on any atom is -0.493 e. The van der Waals surface area contributed by atoms with Crippen LogP contribution in [-0.2, 0) is 0 Å². The molecular weight excluding hydrogens is 322 g/mol. The summed E-state index contributed by atoms with van der Waals surface area (Å²) < 4.78 is 34.2. The zero-order chi connectivity index (χ0) is 17.0. The molecule has 0 N–H and O–H groups in total. The molecule has 0 fully saturated rings. The molecule has 0 aliphatic rings. The summed E-state index contributed by atoms with van der Waals surface area (Å²) >= 11 is 1.56. The van der Waals surface area contributed by atoms with Gasteiger partial charge in [0.1, 0.15) is 0 Å².